The fourth-order valence-corrected chi connectivity index (χ4v) is 2.60. The molecule has 0 radical (unpaired) electrons. The summed E-state index contributed by atoms with van der Waals surface area (Å²) >= 11 is 0. The van der Waals surface area contributed by atoms with Gasteiger partial charge in [0.1, 0.15) is 12.4 Å². The van der Waals surface area contributed by atoms with E-state index in [1.807, 2.05) is 0 Å². The van der Waals surface area contributed by atoms with E-state index in [0.29, 0.717) is 61.7 Å². The highest BCUT2D eigenvalue weighted by Gasteiger charge is 2.20. The van der Waals surface area contributed by atoms with Crippen LogP contribution in [0.3, 0.4) is 0 Å². The molecule has 0 bridgehead atoms. The number of carbonyl (C=O) groups excluding carboxylic acids is 1. The van der Waals surface area contributed by atoms with Gasteiger partial charge < -0.3 is 9.47 Å². The summed E-state index contributed by atoms with van der Waals surface area (Å²) in [6.45, 7) is 2.11. The smallest absolute Gasteiger partial charge is 0.410 e. The van der Waals surface area contributed by atoms with Gasteiger partial charge in [0.25, 0.3) is 0 Å². The number of rotatable bonds is 7. The van der Waals surface area contributed by atoms with Gasteiger partial charge in [-0.15, -0.1) is 0 Å². The number of hydrogen-bond acceptors (Lipinski definition) is 6. The summed E-state index contributed by atoms with van der Waals surface area (Å²) in [5.74, 6) is 0.0631. The minimum Gasteiger partial charge on any atom is -0.481 e. The number of halogens is 1. The maximum absolute atomic E-state index is 14.1. The van der Waals surface area contributed by atoms with E-state index < -0.39 is 0 Å². The molecule has 1 fully saturated rings. The Balaban J connectivity index is 1.60. The fourth-order valence-electron chi connectivity index (χ4n) is 2.60. The van der Waals surface area contributed by atoms with Gasteiger partial charge in [-0.3, -0.25) is 15.2 Å². The number of nitrogens with zero attached hydrogens (tertiary/aromatic N) is 3. The zero-order valence-electron chi connectivity index (χ0n) is 13.4. The van der Waals surface area contributed by atoms with Crippen molar-refractivity contribution in [2.24, 2.45) is 0 Å². The number of ether oxygens (including phenoxy) is 2. The third-order valence-electron chi connectivity index (χ3n) is 3.88. The Morgan fingerprint density at radius 2 is 2.33 bits per heavy atom. The average molecular weight is 334 g/mol. The molecule has 24 heavy (non-hydrogen) atoms. The van der Waals surface area contributed by atoms with Crippen LogP contribution in [-0.2, 0) is 11.2 Å². The molecular weight excluding hydrogens is 315 g/mol. The molecule has 0 spiro atoms. The molecule has 0 aliphatic carbocycles. The molecule has 7 nitrogen and oxygen atoms in total. The van der Waals surface area contributed by atoms with E-state index in [0.717, 1.165) is 0 Å². The zero-order chi connectivity index (χ0) is 16.9. The highest BCUT2D eigenvalue weighted by molar-refractivity contribution is 5.78. The van der Waals surface area contributed by atoms with Crippen molar-refractivity contribution < 1.29 is 18.7 Å². The highest BCUT2D eigenvalue weighted by Crippen LogP contribution is 2.21. The second kappa shape index (κ2) is 7.39. The van der Waals surface area contributed by atoms with Crippen LogP contribution in [0.1, 0.15) is 12.0 Å². The Morgan fingerprint density at radius 1 is 1.46 bits per heavy atom. The summed E-state index contributed by atoms with van der Waals surface area (Å²) in [5, 5.41) is 3.16. The third-order valence-corrected chi connectivity index (χ3v) is 3.88. The number of cyclic esters (lactones) is 1. The van der Waals surface area contributed by atoms with Gasteiger partial charge in [0.15, 0.2) is 0 Å². The normalized spacial score (nSPS) is 14.2. The summed E-state index contributed by atoms with van der Waals surface area (Å²) < 4.78 is 24.1. The van der Waals surface area contributed by atoms with Crippen molar-refractivity contribution in [2.75, 3.05) is 33.5 Å². The van der Waals surface area contributed by atoms with E-state index in [2.05, 4.69) is 15.3 Å². The lowest BCUT2D eigenvalue weighted by atomic mass is 10.1. The molecule has 3 heterocycles. The van der Waals surface area contributed by atoms with E-state index in [1.54, 1.807) is 17.0 Å². The van der Waals surface area contributed by atoms with Crippen molar-refractivity contribution in [3.8, 4) is 5.88 Å². The van der Waals surface area contributed by atoms with Crippen molar-refractivity contribution in [1.29, 1.82) is 0 Å². The standard InChI is InChI=1S/C16H19FN4O3/c1-23-14-5-4-13-15(20-14)11(12(17)9-19-13)3-2-6-18-10-21-7-8-24-16(21)22/h4-5,9,18H,2-3,6-8,10H2,1H3. The van der Waals surface area contributed by atoms with E-state index >= 15 is 0 Å². The van der Waals surface area contributed by atoms with Crippen LogP contribution in [0.4, 0.5) is 9.18 Å². The first kappa shape index (κ1) is 16.4. The van der Waals surface area contributed by atoms with Gasteiger partial charge in [0.2, 0.25) is 5.88 Å². The molecule has 1 aliphatic heterocycles. The largest absolute Gasteiger partial charge is 0.481 e. The Bertz CT molecular complexity index is 741. The summed E-state index contributed by atoms with van der Waals surface area (Å²) in [7, 11) is 1.52. The average Bonchev–Trinajstić information content (AvgIpc) is 3.01. The molecule has 0 unspecified atom stereocenters. The molecule has 1 N–H and O–H groups in total. The van der Waals surface area contributed by atoms with Crippen molar-refractivity contribution >= 4 is 17.1 Å². The molecule has 1 saturated heterocycles. The topological polar surface area (TPSA) is 76.6 Å². The van der Waals surface area contributed by atoms with Gasteiger partial charge in [0.05, 0.1) is 37.6 Å². The molecule has 0 saturated carbocycles. The minimum absolute atomic E-state index is 0.301. The van der Waals surface area contributed by atoms with Gasteiger partial charge in [-0.1, -0.05) is 0 Å². The number of aromatic nitrogens is 2. The molecular formula is C16H19FN4O3. The van der Waals surface area contributed by atoms with Crippen LogP contribution in [0, 0.1) is 5.82 Å². The lowest BCUT2D eigenvalue weighted by molar-refractivity contribution is 0.156. The molecule has 0 aromatic carbocycles. The number of nitrogens with one attached hydrogen (secondary N) is 1. The van der Waals surface area contributed by atoms with Gasteiger partial charge in [-0.25, -0.2) is 14.2 Å². The molecule has 8 heteroatoms. The van der Waals surface area contributed by atoms with E-state index in [1.165, 1.54) is 13.3 Å². The zero-order valence-corrected chi connectivity index (χ0v) is 13.4. The van der Waals surface area contributed by atoms with Gasteiger partial charge in [0, 0.05) is 11.6 Å². The van der Waals surface area contributed by atoms with Crippen LogP contribution in [0.2, 0.25) is 0 Å². The number of aryl methyl sites for hydroxylation is 1. The molecule has 3 rings (SSSR count). The predicted octanol–water partition coefficient (Wildman–Crippen LogP) is 1.71. The summed E-state index contributed by atoms with van der Waals surface area (Å²) in [4.78, 5) is 21.3. The Morgan fingerprint density at radius 3 is 3.08 bits per heavy atom. The number of carbonyl (C=O) groups is 1. The van der Waals surface area contributed by atoms with E-state index in [9.17, 15) is 9.18 Å². The summed E-state index contributed by atoms with van der Waals surface area (Å²) in [6, 6.07) is 3.47. The lowest BCUT2D eigenvalue weighted by Gasteiger charge is -2.13. The lowest BCUT2D eigenvalue weighted by Crippen LogP contribution is -2.35. The van der Waals surface area contributed by atoms with Crippen LogP contribution >= 0.6 is 0 Å². The molecule has 1 aliphatic rings. The van der Waals surface area contributed by atoms with E-state index in [4.69, 9.17) is 9.47 Å². The third kappa shape index (κ3) is 3.53. The number of methoxy groups -OCH3 is 1. The SMILES string of the molecule is COc1ccc2ncc(F)c(CCCNCN3CCOC3=O)c2n1. The summed E-state index contributed by atoms with van der Waals surface area (Å²) in [5.41, 5.74) is 1.69. The van der Waals surface area contributed by atoms with Crippen molar-refractivity contribution in [3.05, 3.63) is 29.7 Å². The Hall–Kier alpha value is -2.48. The first-order valence-electron chi connectivity index (χ1n) is 7.79. The van der Waals surface area contributed by atoms with E-state index in [-0.39, 0.29) is 11.9 Å². The Kier molecular flexibility index (Phi) is 5.05. The van der Waals surface area contributed by atoms with Crippen molar-refractivity contribution in [3.63, 3.8) is 0 Å². The Labute approximate surface area is 138 Å². The van der Waals surface area contributed by atoms with Crippen LogP contribution < -0.4 is 10.1 Å². The van der Waals surface area contributed by atoms with Crippen molar-refractivity contribution in [1.82, 2.24) is 20.2 Å². The highest BCUT2D eigenvalue weighted by atomic mass is 19.1. The maximum Gasteiger partial charge on any atom is 0.410 e. The number of pyridine rings is 2. The first-order chi connectivity index (χ1) is 11.7. The van der Waals surface area contributed by atoms with Crippen LogP contribution in [0.5, 0.6) is 5.88 Å². The summed E-state index contributed by atoms with van der Waals surface area (Å²) in [6.07, 6.45) is 2.14. The first-order valence-corrected chi connectivity index (χ1v) is 7.79. The van der Waals surface area contributed by atoms with Gasteiger partial charge >= 0.3 is 6.09 Å². The molecule has 0 atom stereocenters. The van der Waals surface area contributed by atoms with Crippen LogP contribution in [0.15, 0.2) is 18.3 Å². The van der Waals surface area contributed by atoms with Gasteiger partial charge in [-0.05, 0) is 25.5 Å². The molecule has 2 aromatic heterocycles. The van der Waals surface area contributed by atoms with Crippen molar-refractivity contribution in [2.45, 2.75) is 12.8 Å². The molecule has 128 valence electrons. The predicted molar refractivity (Wildman–Crippen MR) is 85.3 cm³/mol. The maximum atomic E-state index is 14.1. The minimum atomic E-state index is -0.369. The fraction of sp³-hybridized carbons (Fsp3) is 0.438. The second-order valence-corrected chi connectivity index (χ2v) is 5.45. The monoisotopic (exact) mass is 334 g/mol. The number of fused-ring (bicyclic) bond motifs is 1. The van der Waals surface area contributed by atoms with Crippen LogP contribution in [-0.4, -0.2) is 54.4 Å². The number of amides is 1. The second-order valence-electron chi connectivity index (χ2n) is 5.45. The molecule has 1 amide bonds. The van der Waals surface area contributed by atoms with Crippen LogP contribution in [0.25, 0.3) is 11.0 Å². The quantitative estimate of drug-likeness (QED) is 0.777. The number of hydrogen-bond donors (Lipinski definition) is 1. The van der Waals surface area contributed by atoms with Gasteiger partial charge in [-0.2, -0.15) is 0 Å². The molecule has 2 aromatic rings.